The van der Waals surface area contributed by atoms with Crippen LogP contribution in [0.4, 0.5) is 0 Å². The molecule has 0 bridgehead atoms. The van der Waals surface area contributed by atoms with Crippen LogP contribution in [0.3, 0.4) is 0 Å². The Labute approximate surface area is 113 Å². The van der Waals surface area contributed by atoms with Crippen molar-refractivity contribution in [3.8, 4) is 0 Å². The second kappa shape index (κ2) is 8.16. The highest BCUT2D eigenvalue weighted by molar-refractivity contribution is 7.99. The first-order valence-electron chi connectivity index (χ1n) is 6.00. The zero-order valence-corrected chi connectivity index (χ0v) is 11.7. The molecule has 0 heterocycles. The van der Waals surface area contributed by atoms with E-state index in [0.717, 1.165) is 11.3 Å². The number of methoxy groups -OCH3 is 1. The lowest BCUT2D eigenvalue weighted by Gasteiger charge is -2.15. The Bertz CT molecular complexity index is 353. The van der Waals surface area contributed by atoms with E-state index >= 15 is 0 Å². The number of benzene rings is 1. The van der Waals surface area contributed by atoms with Crippen LogP contribution >= 0.6 is 11.8 Å². The van der Waals surface area contributed by atoms with Gasteiger partial charge in [-0.2, -0.15) is 11.8 Å². The summed E-state index contributed by atoms with van der Waals surface area (Å²) in [7, 11) is 1.42. The van der Waals surface area contributed by atoms with Gasteiger partial charge in [0.1, 0.15) is 0 Å². The Morgan fingerprint density at radius 1 is 1.33 bits per heavy atom. The van der Waals surface area contributed by atoms with E-state index in [-0.39, 0.29) is 24.4 Å². The third-order valence-corrected chi connectivity index (χ3v) is 4.06. The lowest BCUT2D eigenvalue weighted by molar-refractivity contribution is -0.141. The molecule has 1 rings (SSSR count). The fourth-order valence-electron chi connectivity index (χ4n) is 1.57. The summed E-state index contributed by atoms with van der Waals surface area (Å²) in [6, 6.07) is 9.66. The molecule has 1 aromatic rings. The molecule has 2 unspecified atom stereocenters. The predicted molar refractivity (Wildman–Crippen MR) is 74.8 cm³/mol. The number of carbonyl (C=O) groups is 1. The van der Waals surface area contributed by atoms with E-state index < -0.39 is 0 Å². The Morgan fingerprint density at radius 3 is 2.56 bits per heavy atom. The minimum atomic E-state index is -0.230. The van der Waals surface area contributed by atoms with E-state index in [2.05, 4.69) is 0 Å². The van der Waals surface area contributed by atoms with Gasteiger partial charge < -0.3 is 9.84 Å². The molecule has 0 aliphatic carbocycles. The number of ether oxygens (including phenoxy) is 1. The summed E-state index contributed by atoms with van der Waals surface area (Å²) in [6.07, 6.45) is 0. The van der Waals surface area contributed by atoms with Crippen molar-refractivity contribution in [3.63, 3.8) is 0 Å². The number of hydrogen-bond acceptors (Lipinski definition) is 4. The summed E-state index contributed by atoms with van der Waals surface area (Å²) in [6.45, 7) is 2.17. The molecule has 0 saturated carbocycles. The minimum Gasteiger partial charge on any atom is -0.469 e. The summed E-state index contributed by atoms with van der Waals surface area (Å²) in [5, 5.41) is 8.97. The molecule has 18 heavy (non-hydrogen) atoms. The highest BCUT2D eigenvalue weighted by Crippen LogP contribution is 2.23. The van der Waals surface area contributed by atoms with Gasteiger partial charge in [-0.15, -0.1) is 0 Å². The van der Waals surface area contributed by atoms with Crippen molar-refractivity contribution >= 4 is 17.7 Å². The number of esters is 1. The normalized spacial score (nSPS) is 13.9. The van der Waals surface area contributed by atoms with Gasteiger partial charge in [0.2, 0.25) is 0 Å². The zero-order valence-electron chi connectivity index (χ0n) is 10.8. The van der Waals surface area contributed by atoms with Gasteiger partial charge in [-0.3, -0.25) is 4.79 Å². The third-order valence-electron chi connectivity index (χ3n) is 2.69. The Kier molecular flexibility index (Phi) is 6.83. The van der Waals surface area contributed by atoms with Crippen LogP contribution < -0.4 is 0 Å². The SMILES string of the molecule is COC(=O)C(CSCC(C)CO)c1ccccc1. The molecule has 0 amide bonds. The van der Waals surface area contributed by atoms with Gasteiger partial charge in [0.15, 0.2) is 0 Å². The van der Waals surface area contributed by atoms with Crippen molar-refractivity contribution in [2.45, 2.75) is 12.8 Å². The molecular weight excluding hydrogens is 248 g/mol. The number of thioether (sulfide) groups is 1. The van der Waals surface area contributed by atoms with Crippen molar-refractivity contribution in [2.75, 3.05) is 25.2 Å². The quantitative estimate of drug-likeness (QED) is 0.771. The molecule has 3 nitrogen and oxygen atoms in total. The Balaban J connectivity index is 2.60. The topological polar surface area (TPSA) is 46.5 Å². The van der Waals surface area contributed by atoms with Crippen molar-refractivity contribution in [1.82, 2.24) is 0 Å². The first-order chi connectivity index (χ1) is 8.69. The molecule has 0 radical (unpaired) electrons. The largest absolute Gasteiger partial charge is 0.469 e. The molecular formula is C14H20O3S. The number of rotatable bonds is 7. The maximum atomic E-state index is 11.8. The number of aliphatic hydroxyl groups is 1. The van der Waals surface area contributed by atoms with Crippen LogP contribution in [0, 0.1) is 5.92 Å². The van der Waals surface area contributed by atoms with Crippen LogP contribution in [0.15, 0.2) is 30.3 Å². The van der Waals surface area contributed by atoms with E-state index in [0.29, 0.717) is 5.75 Å². The summed E-state index contributed by atoms with van der Waals surface area (Å²) >= 11 is 1.67. The Hall–Kier alpha value is -1.00. The summed E-state index contributed by atoms with van der Waals surface area (Å²) in [4.78, 5) is 11.8. The molecule has 100 valence electrons. The highest BCUT2D eigenvalue weighted by Gasteiger charge is 2.21. The van der Waals surface area contributed by atoms with Crippen LogP contribution in [0.25, 0.3) is 0 Å². The van der Waals surface area contributed by atoms with Crippen LogP contribution in [-0.2, 0) is 9.53 Å². The van der Waals surface area contributed by atoms with Crippen molar-refractivity contribution < 1.29 is 14.6 Å². The van der Waals surface area contributed by atoms with E-state index in [1.54, 1.807) is 11.8 Å². The molecule has 0 saturated heterocycles. The standard InChI is InChI=1S/C14H20O3S/c1-11(8-15)9-18-10-13(14(16)17-2)12-6-4-3-5-7-12/h3-7,11,13,15H,8-10H2,1-2H3. The van der Waals surface area contributed by atoms with Gasteiger partial charge >= 0.3 is 5.97 Å². The average Bonchev–Trinajstić information content (AvgIpc) is 2.43. The maximum absolute atomic E-state index is 11.8. The number of hydrogen-bond donors (Lipinski definition) is 1. The molecule has 0 fully saturated rings. The summed E-state index contributed by atoms with van der Waals surface area (Å²) in [5.41, 5.74) is 0.980. The number of carbonyl (C=O) groups excluding carboxylic acids is 1. The molecule has 1 aromatic carbocycles. The predicted octanol–water partition coefficient (Wildman–Crippen LogP) is 2.30. The molecule has 0 spiro atoms. The van der Waals surface area contributed by atoms with Crippen LogP contribution in [0.5, 0.6) is 0 Å². The van der Waals surface area contributed by atoms with Gasteiger partial charge in [-0.25, -0.2) is 0 Å². The molecule has 1 N–H and O–H groups in total. The van der Waals surface area contributed by atoms with E-state index in [1.807, 2.05) is 37.3 Å². The van der Waals surface area contributed by atoms with E-state index in [1.165, 1.54) is 7.11 Å². The van der Waals surface area contributed by atoms with Crippen molar-refractivity contribution in [2.24, 2.45) is 5.92 Å². The second-order valence-electron chi connectivity index (χ2n) is 4.31. The van der Waals surface area contributed by atoms with E-state index in [4.69, 9.17) is 9.84 Å². The van der Waals surface area contributed by atoms with Crippen molar-refractivity contribution in [3.05, 3.63) is 35.9 Å². The highest BCUT2D eigenvalue weighted by atomic mass is 32.2. The van der Waals surface area contributed by atoms with Crippen LogP contribution in [-0.4, -0.2) is 36.3 Å². The fraction of sp³-hybridized carbons (Fsp3) is 0.500. The number of aliphatic hydroxyl groups excluding tert-OH is 1. The van der Waals surface area contributed by atoms with Crippen LogP contribution in [0.2, 0.25) is 0 Å². The zero-order chi connectivity index (χ0) is 13.4. The first kappa shape index (κ1) is 15.1. The van der Waals surface area contributed by atoms with E-state index in [9.17, 15) is 4.79 Å². The fourth-order valence-corrected chi connectivity index (χ4v) is 2.78. The van der Waals surface area contributed by atoms with Crippen molar-refractivity contribution in [1.29, 1.82) is 0 Å². The van der Waals surface area contributed by atoms with Gasteiger partial charge in [-0.05, 0) is 17.2 Å². The molecule has 0 aromatic heterocycles. The van der Waals surface area contributed by atoms with Gasteiger partial charge in [0, 0.05) is 12.4 Å². The first-order valence-corrected chi connectivity index (χ1v) is 7.15. The van der Waals surface area contributed by atoms with Crippen LogP contribution in [0.1, 0.15) is 18.4 Å². The smallest absolute Gasteiger partial charge is 0.313 e. The summed E-state index contributed by atoms with van der Waals surface area (Å²) < 4.78 is 4.85. The molecule has 0 aliphatic rings. The molecule has 4 heteroatoms. The summed E-state index contributed by atoms with van der Waals surface area (Å²) in [5.74, 6) is 1.35. The Morgan fingerprint density at radius 2 is 2.00 bits per heavy atom. The van der Waals surface area contributed by atoms with Gasteiger partial charge in [0.05, 0.1) is 13.0 Å². The maximum Gasteiger partial charge on any atom is 0.313 e. The lowest BCUT2D eigenvalue weighted by Crippen LogP contribution is -2.17. The third kappa shape index (κ3) is 4.70. The molecule has 2 atom stereocenters. The lowest BCUT2D eigenvalue weighted by atomic mass is 10.0. The molecule has 0 aliphatic heterocycles. The van der Waals surface area contributed by atoms with Gasteiger partial charge in [0.25, 0.3) is 0 Å². The minimum absolute atomic E-state index is 0.182. The second-order valence-corrected chi connectivity index (χ2v) is 5.39. The van der Waals surface area contributed by atoms with Gasteiger partial charge in [-0.1, -0.05) is 37.3 Å². The monoisotopic (exact) mass is 268 g/mol. The average molecular weight is 268 g/mol.